The molecule has 2 aromatic heterocycles. The molecule has 7 nitrogen and oxygen atoms in total. The molecule has 4 aromatic rings. The Hall–Kier alpha value is -2.91. The van der Waals surface area contributed by atoms with E-state index in [9.17, 15) is 4.79 Å². The average molecular weight is 480 g/mol. The molecule has 1 amide bonds. The van der Waals surface area contributed by atoms with Crippen molar-refractivity contribution in [3.05, 3.63) is 65.0 Å². The Labute approximate surface area is 200 Å². The number of carbonyl (C=O) groups is 1. The van der Waals surface area contributed by atoms with Crippen LogP contribution in [-0.4, -0.2) is 57.9 Å². The fourth-order valence-corrected chi connectivity index (χ4v) is 5.54. The van der Waals surface area contributed by atoms with Gasteiger partial charge in [-0.05, 0) is 36.8 Å². The first-order valence-corrected chi connectivity index (χ1v) is 12.8. The SMILES string of the molecule is Cc1cccc(N2CCN(C(=O)CSc3nnc(CCc4nc5ccccc5s4)o3)CC2)c1. The highest BCUT2D eigenvalue weighted by atomic mass is 32.2. The molecule has 0 aliphatic carbocycles. The summed E-state index contributed by atoms with van der Waals surface area (Å²) in [6.45, 7) is 5.24. The van der Waals surface area contributed by atoms with Crippen molar-refractivity contribution < 1.29 is 9.21 Å². The smallest absolute Gasteiger partial charge is 0.277 e. The van der Waals surface area contributed by atoms with Gasteiger partial charge in [-0.2, -0.15) is 0 Å². The summed E-state index contributed by atoms with van der Waals surface area (Å²) < 4.78 is 6.93. The number of piperazine rings is 1. The summed E-state index contributed by atoms with van der Waals surface area (Å²) in [5.41, 5.74) is 3.50. The maximum absolute atomic E-state index is 12.7. The normalized spacial score (nSPS) is 14.2. The number of thioether (sulfide) groups is 1. The van der Waals surface area contributed by atoms with Crippen molar-refractivity contribution in [3.63, 3.8) is 0 Å². The monoisotopic (exact) mass is 479 g/mol. The summed E-state index contributed by atoms with van der Waals surface area (Å²) in [4.78, 5) is 21.6. The van der Waals surface area contributed by atoms with Crippen molar-refractivity contribution >= 4 is 44.9 Å². The molecule has 1 aliphatic rings. The molecule has 0 unspecified atom stereocenters. The van der Waals surface area contributed by atoms with Crippen molar-refractivity contribution in [1.82, 2.24) is 20.1 Å². The van der Waals surface area contributed by atoms with Crippen LogP contribution >= 0.6 is 23.1 Å². The molecule has 1 saturated heterocycles. The Balaban J connectivity index is 1.08. The zero-order valence-corrected chi connectivity index (χ0v) is 20.1. The van der Waals surface area contributed by atoms with Gasteiger partial charge in [0.25, 0.3) is 5.22 Å². The topological polar surface area (TPSA) is 75.4 Å². The maximum Gasteiger partial charge on any atom is 0.277 e. The second-order valence-electron chi connectivity index (χ2n) is 8.03. The summed E-state index contributed by atoms with van der Waals surface area (Å²) in [6, 6.07) is 16.6. The van der Waals surface area contributed by atoms with E-state index in [1.807, 2.05) is 23.1 Å². The first kappa shape index (κ1) is 21.9. The van der Waals surface area contributed by atoms with E-state index in [1.54, 1.807) is 11.3 Å². The first-order chi connectivity index (χ1) is 16.1. The third-order valence-corrected chi connectivity index (χ3v) is 7.56. The first-order valence-electron chi connectivity index (χ1n) is 11.0. The van der Waals surface area contributed by atoms with E-state index in [-0.39, 0.29) is 5.91 Å². The lowest BCUT2D eigenvalue weighted by atomic mass is 10.2. The van der Waals surface area contributed by atoms with Crippen molar-refractivity contribution in [3.8, 4) is 0 Å². The number of thiazole rings is 1. The predicted molar refractivity (Wildman–Crippen MR) is 132 cm³/mol. The summed E-state index contributed by atoms with van der Waals surface area (Å²) in [5.74, 6) is 0.998. The van der Waals surface area contributed by atoms with Crippen LogP contribution in [0.25, 0.3) is 10.2 Å². The van der Waals surface area contributed by atoms with Gasteiger partial charge in [-0.3, -0.25) is 4.79 Å². The molecule has 33 heavy (non-hydrogen) atoms. The molecular weight excluding hydrogens is 454 g/mol. The number of carbonyl (C=O) groups excluding carboxylic acids is 1. The Kier molecular flexibility index (Phi) is 6.59. The molecule has 2 aromatic carbocycles. The zero-order chi connectivity index (χ0) is 22.6. The van der Waals surface area contributed by atoms with Gasteiger partial charge in [0.2, 0.25) is 11.8 Å². The quantitative estimate of drug-likeness (QED) is 0.368. The number of benzene rings is 2. The van der Waals surface area contributed by atoms with Gasteiger partial charge in [-0.1, -0.05) is 36.0 Å². The molecular formula is C24H25N5O2S2. The highest BCUT2D eigenvalue weighted by Gasteiger charge is 2.22. The van der Waals surface area contributed by atoms with Crippen molar-refractivity contribution in [2.45, 2.75) is 25.0 Å². The Morgan fingerprint density at radius 2 is 1.91 bits per heavy atom. The van der Waals surface area contributed by atoms with Crippen LogP contribution < -0.4 is 4.90 Å². The van der Waals surface area contributed by atoms with Gasteiger partial charge in [0.1, 0.15) is 0 Å². The van der Waals surface area contributed by atoms with E-state index in [4.69, 9.17) is 4.42 Å². The molecule has 0 bridgehead atoms. The number of amides is 1. The van der Waals surface area contributed by atoms with Gasteiger partial charge in [0.05, 0.1) is 21.0 Å². The maximum atomic E-state index is 12.7. The predicted octanol–water partition coefficient (Wildman–Crippen LogP) is 4.21. The number of para-hydroxylation sites is 1. The van der Waals surface area contributed by atoms with Crippen molar-refractivity contribution in [2.24, 2.45) is 0 Å². The number of aromatic nitrogens is 3. The highest BCUT2D eigenvalue weighted by molar-refractivity contribution is 7.99. The Morgan fingerprint density at radius 1 is 1.06 bits per heavy atom. The molecule has 170 valence electrons. The van der Waals surface area contributed by atoms with Gasteiger partial charge in [0.15, 0.2) is 0 Å². The fraction of sp³-hybridized carbons (Fsp3) is 0.333. The van der Waals surface area contributed by atoms with Gasteiger partial charge in [0, 0.05) is 44.7 Å². The van der Waals surface area contributed by atoms with Crippen molar-refractivity contribution in [2.75, 3.05) is 36.8 Å². The van der Waals surface area contributed by atoms with Crippen LogP contribution in [0.1, 0.15) is 16.5 Å². The van der Waals surface area contributed by atoms with Crippen LogP contribution in [0.3, 0.4) is 0 Å². The van der Waals surface area contributed by atoms with Gasteiger partial charge in [-0.25, -0.2) is 4.98 Å². The fourth-order valence-electron chi connectivity index (χ4n) is 3.89. The van der Waals surface area contributed by atoms with Crippen LogP contribution in [0, 0.1) is 6.92 Å². The van der Waals surface area contributed by atoms with E-state index < -0.39 is 0 Å². The minimum absolute atomic E-state index is 0.109. The molecule has 1 fully saturated rings. The van der Waals surface area contributed by atoms with E-state index in [0.717, 1.165) is 43.1 Å². The Morgan fingerprint density at radius 3 is 2.73 bits per heavy atom. The summed E-state index contributed by atoms with van der Waals surface area (Å²) >= 11 is 3.00. The molecule has 0 spiro atoms. The standard InChI is InChI=1S/C24H25N5O2S2/c1-17-5-4-6-18(15-17)28-11-13-29(14-12-28)23(30)16-32-24-27-26-21(31-24)9-10-22-25-19-7-2-3-8-20(19)33-22/h2-8,15H,9-14,16H2,1H3. The minimum Gasteiger partial charge on any atom is -0.416 e. The highest BCUT2D eigenvalue weighted by Crippen LogP contribution is 2.24. The summed E-state index contributed by atoms with van der Waals surface area (Å²) in [7, 11) is 0. The number of rotatable bonds is 7. The zero-order valence-electron chi connectivity index (χ0n) is 18.4. The lowest BCUT2D eigenvalue weighted by molar-refractivity contribution is -0.128. The Bertz CT molecular complexity index is 1210. The largest absolute Gasteiger partial charge is 0.416 e. The molecule has 0 radical (unpaired) electrons. The molecule has 3 heterocycles. The van der Waals surface area contributed by atoms with Crippen LogP contribution in [0.15, 0.2) is 58.2 Å². The van der Waals surface area contributed by atoms with Crippen LogP contribution in [0.4, 0.5) is 5.69 Å². The number of nitrogens with zero attached hydrogens (tertiary/aromatic N) is 5. The summed E-state index contributed by atoms with van der Waals surface area (Å²) in [6.07, 6.45) is 1.40. The molecule has 0 atom stereocenters. The molecule has 0 saturated carbocycles. The third kappa shape index (κ3) is 5.36. The van der Waals surface area contributed by atoms with Crippen LogP contribution in [-0.2, 0) is 17.6 Å². The van der Waals surface area contributed by atoms with Crippen LogP contribution in [0.2, 0.25) is 0 Å². The second kappa shape index (κ2) is 9.93. The van der Waals surface area contributed by atoms with E-state index in [1.165, 1.54) is 27.7 Å². The van der Waals surface area contributed by atoms with E-state index in [0.29, 0.717) is 23.3 Å². The van der Waals surface area contributed by atoms with Crippen LogP contribution in [0.5, 0.6) is 0 Å². The molecule has 1 aliphatic heterocycles. The lowest BCUT2D eigenvalue weighted by Gasteiger charge is -2.36. The van der Waals surface area contributed by atoms with Gasteiger partial charge < -0.3 is 14.2 Å². The van der Waals surface area contributed by atoms with Gasteiger partial charge in [-0.15, -0.1) is 21.5 Å². The van der Waals surface area contributed by atoms with E-state index >= 15 is 0 Å². The second-order valence-corrected chi connectivity index (χ2v) is 10.1. The van der Waals surface area contributed by atoms with Crippen molar-refractivity contribution in [1.29, 1.82) is 0 Å². The lowest BCUT2D eigenvalue weighted by Crippen LogP contribution is -2.49. The minimum atomic E-state index is 0.109. The van der Waals surface area contributed by atoms with E-state index in [2.05, 4.69) is 57.3 Å². The molecule has 0 N–H and O–H groups in total. The number of fused-ring (bicyclic) bond motifs is 1. The number of hydrogen-bond donors (Lipinski definition) is 0. The number of hydrogen-bond acceptors (Lipinski definition) is 8. The average Bonchev–Trinajstić information content (AvgIpc) is 3.47. The number of anilines is 1. The third-order valence-electron chi connectivity index (χ3n) is 5.66. The molecule has 9 heteroatoms. The summed E-state index contributed by atoms with van der Waals surface area (Å²) in [5, 5.41) is 9.74. The molecule has 5 rings (SSSR count). The van der Waals surface area contributed by atoms with Gasteiger partial charge >= 0.3 is 0 Å². The number of aryl methyl sites for hydroxylation is 3.